The molecule has 2 aromatic carbocycles. The average Bonchev–Trinajstić information content (AvgIpc) is 3.16. The molecule has 30 heavy (non-hydrogen) atoms. The second-order valence-corrected chi connectivity index (χ2v) is 6.55. The van der Waals surface area contributed by atoms with Crippen LogP contribution in [0.1, 0.15) is 39.0 Å². The van der Waals surface area contributed by atoms with Crippen molar-refractivity contribution in [2.24, 2.45) is 5.10 Å². The highest BCUT2D eigenvalue weighted by molar-refractivity contribution is 6.33. The summed E-state index contributed by atoms with van der Waals surface area (Å²) in [5, 5.41) is 10.8. The number of benzene rings is 2. The van der Waals surface area contributed by atoms with E-state index in [0.717, 1.165) is 5.69 Å². The first-order chi connectivity index (χ1) is 14.5. The first kappa shape index (κ1) is 21.1. The minimum absolute atomic E-state index is 0.237. The van der Waals surface area contributed by atoms with Gasteiger partial charge in [0.1, 0.15) is 0 Å². The van der Waals surface area contributed by atoms with Crippen LogP contribution in [0.3, 0.4) is 0 Å². The first-order valence-electron chi connectivity index (χ1n) is 9.07. The van der Waals surface area contributed by atoms with E-state index in [-0.39, 0.29) is 17.0 Å². The van der Waals surface area contributed by atoms with E-state index < -0.39 is 11.9 Å². The number of hydrogen-bond donors (Lipinski definition) is 2. The van der Waals surface area contributed by atoms with Crippen molar-refractivity contribution in [2.75, 3.05) is 6.61 Å². The number of amides is 1. The Kier molecular flexibility index (Phi) is 6.82. The van der Waals surface area contributed by atoms with Crippen molar-refractivity contribution in [3.8, 4) is 11.5 Å². The Bertz CT molecular complexity index is 1090. The number of carbonyl (C=O) groups excluding carboxylic acids is 2. The number of hydrogen-bond acceptors (Lipinski definition) is 6. The highest BCUT2D eigenvalue weighted by Crippen LogP contribution is 2.29. The number of ether oxygens (including phenoxy) is 2. The minimum atomic E-state index is -0.593. The van der Waals surface area contributed by atoms with E-state index in [1.807, 2.05) is 6.92 Å². The van der Waals surface area contributed by atoms with E-state index in [4.69, 9.17) is 21.1 Å². The zero-order valence-electron chi connectivity index (χ0n) is 16.3. The lowest BCUT2D eigenvalue weighted by atomic mass is 10.2. The largest absolute Gasteiger partial charge is 0.490 e. The van der Waals surface area contributed by atoms with E-state index in [0.29, 0.717) is 22.9 Å². The fourth-order valence-corrected chi connectivity index (χ4v) is 2.71. The number of hydrazone groups is 1. The Morgan fingerprint density at radius 2 is 2.00 bits per heavy atom. The van der Waals surface area contributed by atoms with Crippen LogP contribution in [0.5, 0.6) is 11.5 Å². The number of aromatic nitrogens is 2. The molecule has 0 aliphatic heterocycles. The van der Waals surface area contributed by atoms with Crippen molar-refractivity contribution in [3.63, 3.8) is 0 Å². The van der Waals surface area contributed by atoms with Gasteiger partial charge in [-0.3, -0.25) is 9.89 Å². The molecule has 0 atom stereocenters. The summed E-state index contributed by atoms with van der Waals surface area (Å²) in [5.74, 6) is -0.429. The van der Waals surface area contributed by atoms with Crippen LogP contribution < -0.4 is 14.9 Å². The summed E-state index contributed by atoms with van der Waals surface area (Å²) < 4.78 is 11.0. The minimum Gasteiger partial charge on any atom is -0.490 e. The maximum absolute atomic E-state index is 12.4. The van der Waals surface area contributed by atoms with Gasteiger partial charge in [0, 0.05) is 5.69 Å². The predicted octanol–water partition coefficient (Wildman–Crippen LogP) is 3.75. The fraction of sp³-hybridized carbons (Fsp3) is 0.143. The number of aromatic amines is 1. The van der Waals surface area contributed by atoms with Gasteiger partial charge in [-0.2, -0.15) is 10.2 Å². The van der Waals surface area contributed by atoms with Gasteiger partial charge in [0.2, 0.25) is 0 Å². The zero-order valence-corrected chi connectivity index (χ0v) is 17.1. The number of carbonyl (C=O) groups is 2. The molecule has 0 spiro atoms. The third-order valence-corrected chi connectivity index (χ3v) is 4.21. The van der Waals surface area contributed by atoms with Crippen LogP contribution in [0.4, 0.5) is 0 Å². The Hall–Kier alpha value is -3.65. The summed E-state index contributed by atoms with van der Waals surface area (Å²) in [6, 6.07) is 13.1. The average molecular weight is 427 g/mol. The SMILES string of the molecule is CCOc1cc(/C=N/NC(=O)c2cc(C)[nH]n2)ccc1OC(=O)c1ccccc1Cl. The summed E-state index contributed by atoms with van der Waals surface area (Å²) in [6.07, 6.45) is 1.44. The molecule has 0 saturated carbocycles. The van der Waals surface area contributed by atoms with Gasteiger partial charge in [0.05, 0.1) is 23.4 Å². The van der Waals surface area contributed by atoms with Crippen LogP contribution >= 0.6 is 11.6 Å². The molecule has 0 aliphatic rings. The van der Waals surface area contributed by atoms with Crippen LogP contribution in [0.25, 0.3) is 0 Å². The van der Waals surface area contributed by atoms with Gasteiger partial charge >= 0.3 is 5.97 Å². The molecule has 0 bridgehead atoms. The van der Waals surface area contributed by atoms with E-state index in [9.17, 15) is 9.59 Å². The van der Waals surface area contributed by atoms with Crippen LogP contribution in [0, 0.1) is 6.92 Å². The molecule has 3 rings (SSSR count). The number of halogens is 1. The van der Waals surface area contributed by atoms with E-state index in [1.54, 1.807) is 55.5 Å². The monoisotopic (exact) mass is 426 g/mol. The number of esters is 1. The number of H-pyrrole nitrogens is 1. The molecule has 1 amide bonds. The van der Waals surface area contributed by atoms with Crippen molar-refractivity contribution in [1.29, 1.82) is 0 Å². The maximum Gasteiger partial charge on any atom is 0.345 e. The number of aryl methyl sites for hydroxylation is 1. The Labute approximate surface area is 177 Å². The third kappa shape index (κ3) is 5.24. The van der Waals surface area contributed by atoms with Gasteiger partial charge in [-0.15, -0.1) is 0 Å². The Balaban J connectivity index is 1.72. The van der Waals surface area contributed by atoms with Gasteiger partial charge in [-0.25, -0.2) is 10.2 Å². The van der Waals surface area contributed by atoms with Gasteiger partial charge in [0.25, 0.3) is 5.91 Å². The molecular formula is C21H19ClN4O4. The quantitative estimate of drug-likeness (QED) is 0.259. The lowest BCUT2D eigenvalue weighted by Crippen LogP contribution is -2.18. The number of rotatable bonds is 7. The maximum atomic E-state index is 12.4. The molecule has 2 N–H and O–H groups in total. The van der Waals surface area contributed by atoms with Crippen molar-refractivity contribution >= 4 is 29.7 Å². The molecule has 154 valence electrons. The van der Waals surface area contributed by atoms with Gasteiger partial charge in [-0.1, -0.05) is 23.7 Å². The van der Waals surface area contributed by atoms with Crippen molar-refractivity contribution < 1.29 is 19.1 Å². The molecule has 0 saturated heterocycles. The first-order valence-corrected chi connectivity index (χ1v) is 9.44. The molecular weight excluding hydrogens is 408 g/mol. The molecule has 1 aromatic heterocycles. The standard InChI is InChI=1S/C21H19ClN4O4/c1-3-29-19-11-14(12-23-26-20(27)17-10-13(2)24-25-17)8-9-18(19)30-21(28)15-6-4-5-7-16(15)22/h4-12H,3H2,1-2H3,(H,24,25)(H,26,27)/b23-12+. The molecule has 0 fully saturated rings. The van der Waals surface area contributed by atoms with E-state index >= 15 is 0 Å². The smallest absolute Gasteiger partial charge is 0.345 e. The molecule has 8 nitrogen and oxygen atoms in total. The highest BCUT2D eigenvalue weighted by Gasteiger charge is 2.15. The third-order valence-electron chi connectivity index (χ3n) is 3.88. The molecule has 0 aliphatic carbocycles. The summed E-state index contributed by atoms with van der Waals surface area (Å²) >= 11 is 6.05. The second-order valence-electron chi connectivity index (χ2n) is 6.14. The predicted molar refractivity (Wildman–Crippen MR) is 112 cm³/mol. The highest BCUT2D eigenvalue weighted by atomic mass is 35.5. The number of nitrogens with zero attached hydrogens (tertiary/aromatic N) is 2. The summed E-state index contributed by atoms with van der Waals surface area (Å²) in [4.78, 5) is 24.4. The zero-order chi connectivity index (χ0) is 21.5. The van der Waals surface area contributed by atoms with Gasteiger partial charge in [0.15, 0.2) is 17.2 Å². The Morgan fingerprint density at radius 1 is 1.20 bits per heavy atom. The fourth-order valence-electron chi connectivity index (χ4n) is 2.50. The lowest BCUT2D eigenvalue weighted by Gasteiger charge is -2.11. The molecule has 0 unspecified atom stereocenters. The molecule has 9 heteroatoms. The van der Waals surface area contributed by atoms with Crippen molar-refractivity contribution in [1.82, 2.24) is 15.6 Å². The summed E-state index contributed by atoms with van der Waals surface area (Å²) in [5.41, 5.74) is 4.29. The number of nitrogens with one attached hydrogen (secondary N) is 2. The second kappa shape index (κ2) is 9.71. The molecule has 0 radical (unpaired) electrons. The summed E-state index contributed by atoms with van der Waals surface area (Å²) in [7, 11) is 0. The van der Waals surface area contributed by atoms with Crippen molar-refractivity contribution in [3.05, 3.63) is 76.1 Å². The Morgan fingerprint density at radius 3 is 2.70 bits per heavy atom. The van der Waals surface area contributed by atoms with Crippen LogP contribution in [-0.2, 0) is 0 Å². The topological polar surface area (TPSA) is 106 Å². The normalized spacial score (nSPS) is 10.8. The van der Waals surface area contributed by atoms with Crippen LogP contribution in [0.15, 0.2) is 53.6 Å². The van der Waals surface area contributed by atoms with Crippen LogP contribution in [-0.4, -0.2) is 34.9 Å². The van der Waals surface area contributed by atoms with Crippen LogP contribution in [0.2, 0.25) is 5.02 Å². The van der Waals surface area contributed by atoms with Gasteiger partial charge < -0.3 is 9.47 Å². The lowest BCUT2D eigenvalue weighted by molar-refractivity contribution is 0.0728. The van der Waals surface area contributed by atoms with E-state index in [1.165, 1.54) is 6.21 Å². The van der Waals surface area contributed by atoms with Crippen molar-refractivity contribution in [2.45, 2.75) is 13.8 Å². The molecule has 1 heterocycles. The van der Waals surface area contributed by atoms with E-state index in [2.05, 4.69) is 20.7 Å². The molecule has 3 aromatic rings. The summed E-state index contributed by atoms with van der Waals surface area (Å²) in [6.45, 7) is 3.97. The van der Waals surface area contributed by atoms with Gasteiger partial charge in [-0.05, 0) is 55.8 Å².